The Morgan fingerprint density at radius 3 is 2.81 bits per heavy atom. The highest BCUT2D eigenvalue weighted by Crippen LogP contribution is 2.15. The molecule has 0 aliphatic carbocycles. The standard InChI is InChI=1S/C13H15NO2/c1-3-9-14-10-13(15)16-11(2)12-7-5-4-6-8-12/h1,4-8,11,14H,9-10H2,2H3. The van der Waals surface area contributed by atoms with Gasteiger partial charge in [0.05, 0.1) is 13.1 Å². The van der Waals surface area contributed by atoms with E-state index in [-0.39, 0.29) is 18.6 Å². The predicted molar refractivity (Wildman–Crippen MR) is 62.7 cm³/mol. The molecule has 0 saturated heterocycles. The topological polar surface area (TPSA) is 38.3 Å². The number of ether oxygens (including phenoxy) is 1. The smallest absolute Gasteiger partial charge is 0.320 e. The van der Waals surface area contributed by atoms with Gasteiger partial charge in [-0.1, -0.05) is 36.3 Å². The van der Waals surface area contributed by atoms with Crippen molar-refractivity contribution in [2.75, 3.05) is 13.1 Å². The van der Waals surface area contributed by atoms with E-state index >= 15 is 0 Å². The van der Waals surface area contributed by atoms with Crippen molar-refractivity contribution in [2.24, 2.45) is 0 Å². The molecule has 0 heterocycles. The van der Waals surface area contributed by atoms with Gasteiger partial charge in [0.15, 0.2) is 0 Å². The normalized spacial score (nSPS) is 11.5. The summed E-state index contributed by atoms with van der Waals surface area (Å²) in [7, 11) is 0. The van der Waals surface area contributed by atoms with Crippen LogP contribution in [0.25, 0.3) is 0 Å². The fourth-order valence-corrected chi connectivity index (χ4v) is 1.27. The molecule has 1 N–H and O–H groups in total. The zero-order valence-electron chi connectivity index (χ0n) is 9.27. The molecule has 3 nitrogen and oxygen atoms in total. The van der Waals surface area contributed by atoms with Crippen molar-refractivity contribution >= 4 is 5.97 Å². The summed E-state index contributed by atoms with van der Waals surface area (Å²) in [5, 5.41) is 2.78. The van der Waals surface area contributed by atoms with Crippen molar-refractivity contribution < 1.29 is 9.53 Å². The minimum absolute atomic E-state index is 0.140. The van der Waals surface area contributed by atoms with Crippen molar-refractivity contribution in [3.63, 3.8) is 0 Å². The first-order valence-corrected chi connectivity index (χ1v) is 5.12. The Balaban J connectivity index is 2.37. The van der Waals surface area contributed by atoms with E-state index in [2.05, 4.69) is 11.2 Å². The summed E-state index contributed by atoms with van der Waals surface area (Å²) in [5.74, 6) is 2.09. The molecule has 1 unspecified atom stereocenters. The third kappa shape index (κ3) is 4.16. The summed E-state index contributed by atoms with van der Waals surface area (Å²) < 4.78 is 5.21. The van der Waals surface area contributed by atoms with Gasteiger partial charge in [0.2, 0.25) is 0 Å². The average Bonchev–Trinajstić information content (AvgIpc) is 2.30. The average molecular weight is 217 g/mol. The molecule has 1 rings (SSSR count). The van der Waals surface area contributed by atoms with Gasteiger partial charge in [-0.15, -0.1) is 6.42 Å². The Morgan fingerprint density at radius 1 is 1.50 bits per heavy atom. The Morgan fingerprint density at radius 2 is 2.19 bits per heavy atom. The first-order chi connectivity index (χ1) is 7.74. The van der Waals surface area contributed by atoms with E-state index in [1.807, 2.05) is 37.3 Å². The SMILES string of the molecule is C#CCNCC(=O)OC(C)c1ccccc1. The van der Waals surface area contributed by atoms with Gasteiger partial charge >= 0.3 is 5.97 Å². The number of esters is 1. The van der Waals surface area contributed by atoms with Crippen LogP contribution in [-0.2, 0) is 9.53 Å². The van der Waals surface area contributed by atoms with Crippen molar-refractivity contribution in [1.82, 2.24) is 5.32 Å². The molecule has 0 spiro atoms. The number of carbonyl (C=O) groups is 1. The molecular formula is C13H15NO2. The van der Waals surface area contributed by atoms with Crippen LogP contribution in [-0.4, -0.2) is 19.1 Å². The second-order valence-corrected chi connectivity index (χ2v) is 3.35. The lowest BCUT2D eigenvalue weighted by molar-refractivity contribution is -0.147. The molecule has 16 heavy (non-hydrogen) atoms. The van der Waals surface area contributed by atoms with Crippen LogP contribution in [0.5, 0.6) is 0 Å². The van der Waals surface area contributed by atoms with Crippen LogP contribution in [0.3, 0.4) is 0 Å². The number of carbonyl (C=O) groups excluding carboxylic acids is 1. The van der Waals surface area contributed by atoms with Crippen LogP contribution in [0, 0.1) is 12.3 Å². The molecule has 84 valence electrons. The maximum absolute atomic E-state index is 11.3. The van der Waals surface area contributed by atoms with Gasteiger partial charge in [0.1, 0.15) is 6.10 Å². The van der Waals surface area contributed by atoms with Crippen LogP contribution >= 0.6 is 0 Å². The lowest BCUT2D eigenvalue weighted by Crippen LogP contribution is -2.25. The van der Waals surface area contributed by atoms with E-state index in [4.69, 9.17) is 11.2 Å². The van der Waals surface area contributed by atoms with Gasteiger partial charge in [0.25, 0.3) is 0 Å². The Kier molecular flexibility index (Phi) is 5.10. The van der Waals surface area contributed by atoms with Gasteiger partial charge in [-0.25, -0.2) is 0 Å². The van der Waals surface area contributed by atoms with Crippen LogP contribution in [0.2, 0.25) is 0 Å². The molecule has 1 atom stereocenters. The van der Waals surface area contributed by atoms with Crippen molar-refractivity contribution in [2.45, 2.75) is 13.0 Å². The highest BCUT2D eigenvalue weighted by atomic mass is 16.5. The lowest BCUT2D eigenvalue weighted by Gasteiger charge is -2.13. The summed E-state index contributed by atoms with van der Waals surface area (Å²) in [4.78, 5) is 11.3. The Labute approximate surface area is 95.8 Å². The maximum atomic E-state index is 11.3. The summed E-state index contributed by atoms with van der Waals surface area (Å²) in [5.41, 5.74) is 0.979. The summed E-state index contributed by atoms with van der Waals surface area (Å²) in [6, 6.07) is 9.60. The van der Waals surface area contributed by atoms with Gasteiger partial charge in [0, 0.05) is 0 Å². The number of benzene rings is 1. The predicted octanol–water partition coefficient (Wildman–Crippen LogP) is 1.51. The molecule has 1 aromatic rings. The van der Waals surface area contributed by atoms with Crippen LogP contribution in [0.15, 0.2) is 30.3 Å². The number of hydrogen-bond donors (Lipinski definition) is 1. The summed E-state index contributed by atoms with van der Waals surface area (Å²) in [6.45, 7) is 2.35. The van der Waals surface area contributed by atoms with E-state index < -0.39 is 0 Å². The highest BCUT2D eigenvalue weighted by Gasteiger charge is 2.10. The second kappa shape index (κ2) is 6.65. The molecule has 0 radical (unpaired) electrons. The molecule has 0 aliphatic heterocycles. The van der Waals surface area contributed by atoms with Crippen LogP contribution in [0.1, 0.15) is 18.6 Å². The number of terminal acetylenes is 1. The fourth-order valence-electron chi connectivity index (χ4n) is 1.27. The number of rotatable bonds is 5. The molecule has 0 aliphatic rings. The minimum atomic E-state index is -0.299. The molecule has 1 aromatic carbocycles. The van der Waals surface area contributed by atoms with E-state index in [0.717, 1.165) is 5.56 Å². The second-order valence-electron chi connectivity index (χ2n) is 3.35. The third-order valence-electron chi connectivity index (χ3n) is 2.07. The molecule has 0 fully saturated rings. The molecule has 0 bridgehead atoms. The third-order valence-corrected chi connectivity index (χ3v) is 2.07. The van der Waals surface area contributed by atoms with Crippen molar-refractivity contribution in [1.29, 1.82) is 0 Å². The highest BCUT2D eigenvalue weighted by molar-refractivity contribution is 5.72. The Bertz CT molecular complexity index is 367. The lowest BCUT2D eigenvalue weighted by atomic mass is 10.1. The maximum Gasteiger partial charge on any atom is 0.320 e. The van der Waals surface area contributed by atoms with E-state index in [0.29, 0.717) is 6.54 Å². The quantitative estimate of drug-likeness (QED) is 0.461. The van der Waals surface area contributed by atoms with Gasteiger partial charge < -0.3 is 4.74 Å². The molecule has 0 aromatic heterocycles. The Hall–Kier alpha value is -1.79. The fraction of sp³-hybridized carbons (Fsp3) is 0.308. The number of hydrogen-bond acceptors (Lipinski definition) is 3. The summed E-state index contributed by atoms with van der Waals surface area (Å²) >= 11 is 0. The van der Waals surface area contributed by atoms with Crippen molar-refractivity contribution in [3.05, 3.63) is 35.9 Å². The van der Waals surface area contributed by atoms with E-state index in [1.165, 1.54) is 0 Å². The van der Waals surface area contributed by atoms with Crippen molar-refractivity contribution in [3.8, 4) is 12.3 Å². The first-order valence-electron chi connectivity index (χ1n) is 5.12. The monoisotopic (exact) mass is 217 g/mol. The van der Waals surface area contributed by atoms with E-state index in [9.17, 15) is 4.79 Å². The first kappa shape index (κ1) is 12.3. The van der Waals surface area contributed by atoms with Crippen LogP contribution < -0.4 is 5.32 Å². The molecule has 0 saturated carbocycles. The van der Waals surface area contributed by atoms with Gasteiger partial charge in [-0.05, 0) is 12.5 Å². The number of nitrogens with one attached hydrogen (secondary N) is 1. The zero-order chi connectivity index (χ0) is 11.8. The minimum Gasteiger partial charge on any atom is -0.457 e. The molecule has 3 heteroatoms. The zero-order valence-corrected chi connectivity index (χ0v) is 9.27. The van der Waals surface area contributed by atoms with Crippen LogP contribution in [0.4, 0.5) is 0 Å². The van der Waals surface area contributed by atoms with E-state index in [1.54, 1.807) is 0 Å². The summed E-state index contributed by atoms with van der Waals surface area (Å²) in [6.07, 6.45) is 4.81. The van der Waals surface area contributed by atoms with Gasteiger partial charge in [-0.3, -0.25) is 10.1 Å². The van der Waals surface area contributed by atoms with Gasteiger partial charge in [-0.2, -0.15) is 0 Å². The largest absolute Gasteiger partial charge is 0.457 e. The molecule has 0 amide bonds. The molecular weight excluding hydrogens is 202 g/mol.